The summed E-state index contributed by atoms with van der Waals surface area (Å²) >= 11 is 0. The molecule has 2 rings (SSSR count). The van der Waals surface area contributed by atoms with E-state index < -0.39 is 0 Å². The van der Waals surface area contributed by atoms with E-state index in [1.54, 1.807) is 7.11 Å². The summed E-state index contributed by atoms with van der Waals surface area (Å²) in [5, 5.41) is 7.02. The molecule has 26 heavy (non-hydrogen) atoms. The molecule has 1 aliphatic carbocycles. The molecule has 0 radical (unpaired) electrons. The van der Waals surface area contributed by atoms with E-state index in [2.05, 4.69) is 34.4 Å². The Morgan fingerprint density at radius 2 is 2.08 bits per heavy atom. The van der Waals surface area contributed by atoms with Crippen molar-refractivity contribution in [2.24, 2.45) is 16.3 Å². The maximum absolute atomic E-state index is 5.93. The predicted molar refractivity (Wildman–Crippen MR) is 108 cm³/mol. The fourth-order valence-corrected chi connectivity index (χ4v) is 4.25. The van der Waals surface area contributed by atoms with Crippen LogP contribution in [0.15, 0.2) is 4.99 Å². The van der Waals surface area contributed by atoms with E-state index in [9.17, 15) is 0 Å². The predicted octanol–water partition coefficient (Wildman–Crippen LogP) is 2.11. The van der Waals surface area contributed by atoms with E-state index in [-0.39, 0.29) is 6.10 Å². The van der Waals surface area contributed by atoms with Gasteiger partial charge in [-0.3, -0.25) is 9.89 Å². The largest absolute Gasteiger partial charge is 0.385 e. The smallest absolute Gasteiger partial charge is 0.191 e. The van der Waals surface area contributed by atoms with Gasteiger partial charge in [-0.1, -0.05) is 26.7 Å². The lowest BCUT2D eigenvalue weighted by Crippen LogP contribution is -2.51. The molecule has 0 bridgehead atoms. The van der Waals surface area contributed by atoms with Crippen molar-refractivity contribution in [3.8, 4) is 0 Å². The molecule has 0 aromatic heterocycles. The first kappa shape index (κ1) is 21.5. The first-order chi connectivity index (χ1) is 12.6. The van der Waals surface area contributed by atoms with Gasteiger partial charge in [-0.25, -0.2) is 0 Å². The SMILES string of the molecule is CN=C(NCC1CN(CC(C)C)CCO1)NCC1(CCOC)CCCC1. The number of morpholine rings is 1. The first-order valence-electron chi connectivity index (χ1n) is 10.3. The normalized spacial score (nSPS) is 24.2. The lowest BCUT2D eigenvalue weighted by Gasteiger charge is -2.34. The molecule has 6 nitrogen and oxygen atoms in total. The molecule has 6 heteroatoms. The average molecular weight is 369 g/mol. The number of nitrogens with one attached hydrogen (secondary N) is 2. The third-order valence-corrected chi connectivity index (χ3v) is 5.70. The minimum atomic E-state index is 0.231. The molecule has 1 atom stereocenters. The fourth-order valence-electron chi connectivity index (χ4n) is 4.25. The van der Waals surface area contributed by atoms with Gasteiger partial charge in [0, 0.05) is 53.5 Å². The number of ether oxygens (including phenoxy) is 2. The van der Waals surface area contributed by atoms with E-state index >= 15 is 0 Å². The first-order valence-corrected chi connectivity index (χ1v) is 10.3. The molecule has 1 aliphatic heterocycles. The van der Waals surface area contributed by atoms with Gasteiger partial charge in [-0.2, -0.15) is 0 Å². The highest BCUT2D eigenvalue weighted by Crippen LogP contribution is 2.40. The molecule has 1 unspecified atom stereocenters. The monoisotopic (exact) mass is 368 g/mol. The van der Waals surface area contributed by atoms with Gasteiger partial charge in [0.05, 0.1) is 12.7 Å². The molecular weight excluding hydrogens is 328 g/mol. The molecule has 0 amide bonds. The second-order valence-electron chi connectivity index (χ2n) is 8.40. The Bertz CT molecular complexity index is 422. The van der Waals surface area contributed by atoms with Crippen molar-refractivity contribution in [3.05, 3.63) is 0 Å². The number of rotatable bonds is 9. The zero-order valence-electron chi connectivity index (χ0n) is 17.4. The summed E-state index contributed by atoms with van der Waals surface area (Å²) in [7, 11) is 3.64. The summed E-state index contributed by atoms with van der Waals surface area (Å²) in [5.74, 6) is 1.59. The van der Waals surface area contributed by atoms with Crippen LogP contribution in [-0.2, 0) is 9.47 Å². The summed E-state index contributed by atoms with van der Waals surface area (Å²) < 4.78 is 11.3. The van der Waals surface area contributed by atoms with Crippen LogP contribution in [0.2, 0.25) is 0 Å². The van der Waals surface area contributed by atoms with Gasteiger partial charge in [-0.05, 0) is 30.6 Å². The van der Waals surface area contributed by atoms with E-state index in [0.29, 0.717) is 11.3 Å². The van der Waals surface area contributed by atoms with Crippen molar-refractivity contribution in [1.29, 1.82) is 0 Å². The summed E-state index contributed by atoms with van der Waals surface area (Å²) in [5.41, 5.74) is 0.364. The van der Waals surface area contributed by atoms with Crippen LogP contribution in [0.3, 0.4) is 0 Å². The van der Waals surface area contributed by atoms with Crippen molar-refractivity contribution in [2.45, 2.75) is 52.1 Å². The van der Waals surface area contributed by atoms with Crippen LogP contribution >= 0.6 is 0 Å². The van der Waals surface area contributed by atoms with Gasteiger partial charge in [0.1, 0.15) is 0 Å². The molecule has 152 valence electrons. The van der Waals surface area contributed by atoms with Crippen LogP contribution in [-0.4, -0.2) is 77.1 Å². The van der Waals surface area contributed by atoms with Crippen LogP contribution < -0.4 is 10.6 Å². The van der Waals surface area contributed by atoms with Crippen molar-refractivity contribution < 1.29 is 9.47 Å². The van der Waals surface area contributed by atoms with Crippen molar-refractivity contribution >= 4 is 5.96 Å². The van der Waals surface area contributed by atoms with Gasteiger partial charge in [0.15, 0.2) is 5.96 Å². The minimum Gasteiger partial charge on any atom is -0.385 e. The Morgan fingerprint density at radius 1 is 1.31 bits per heavy atom. The zero-order valence-corrected chi connectivity index (χ0v) is 17.4. The summed E-state index contributed by atoms with van der Waals surface area (Å²) in [6, 6.07) is 0. The number of guanidine groups is 1. The highest BCUT2D eigenvalue weighted by Gasteiger charge is 2.33. The lowest BCUT2D eigenvalue weighted by atomic mass is 9.83. The maximum Gasteiger partial charge on any atom is 0.191 e. The van der Waals surface area contributed by atoms with E-state index in [1.807, 2.05) is 7.05 Å². The lowest BCUT2D eigenvalue weighted by molar-refractivity contribution is -0.0284. The molecule has 1 heterocycles. The van der Waals surface area contributed by atoms with Gasteiger partial charge >= 0.3 is 0 Å². The highest BCUT2D eigenvalue weighted by molar-refractivity contribution is 5.79. The van der Waals surface area contributed by atoms with E-state index in [0.717, 1.165) is 58.3 Å². The average Bonchev–Trinajstić information content (AvgIpc) is 3.09. The van der Waals surface area contributed by atoms with Crippen LogP contribution in [0.5, 0.6) is 0 Å². The van der Waals surface area contributed by atoms with Crippen LogP contribution in [0.1, 0.15) is 46.0 Å². The minimum absolute atomic E-state index is 0.231. The number of methoxy groups -OCH3 is 1. The second kappa shape index (κ2) is 11.1. The van der Waals surface area contributed by atoms with E-state index in [4.69, 9.17) is 9.47 Å². The molecule has 0 aromatic carbocycles. The second-order valence-corrected chi connectivity index (χ2v) is 8.40. The van der Waals surface area contributed by atoms with Gasteiger partial charge in [-0.15, -0.1) is 0 Å². The highest BCUT2D eigenvalue weighted by atomic mass is 16.5. The molecule has 0 spiro atoms. The Kier molecular flexibility index (Phi) is 9.16. The van der Waals surface area contributed by atoms with Crippen LogP contribution in [0.4, 0.5) is 0 Å². The quantitative estimate of drug-likeness (QED) is 0.482. The third kappa shape index (κ3) is 7.05. The standard InChI is InChI=1S/C20H40N4O2/c1-17(2)14-24-10-12-26-18(15-24)13-22-19(21-3)23-16-20(9-11-25-4)7-5-6-8-20/h17-18H,5-16H2,1-4H3,(H2,21,22,23). The van der Waals surface area contributed by atoms with Crippen molar-refractivity contribution in [2.75, 3.05) is 60.1 Å². The molecule has 2 N–H and O–H groups in total. The molecular formula is C20H40N4O2. The van der Waals surface area contributed by atoms with Crippen LogP contribution in [0, 0.1) is 11.3 Å². The Labute approximate surface area is 160 Å². The summed E-state index contributed by atoms with van der Waals surface area (Å²) in [4.78, 5) is 6.92. The Balaban J connectivity index is 1.75. The summed E-state index contributed by atoms with van der Waals surface area (Å²) in [6.45, 7) is 11.2. The van der Waals surface area contributed by atoms with E-state index in [1.165, 1.54) is 25.7 Å². The molecule has 2 fully saturated rings. The Hall–Kier alpha value is -0.850. The van der Waals surface area contributed by atoms with Gasteiger partial charge in [0.2, 0.25) is 0 Å². The zero-order chi connectivity index (χ0) is 18.8. The molecule has 0 aromatic rings. The molecule has 1 saturated carbocycles. The van der Waals surface area contributed by atoms with Crippen molar-refractivity contribution in [3.63, 3.8) is 0 Å². The van der Waals surface area contributed by atoms with Gasteiger partial charge < -0.3 is 20.1 Å². The third-order valence-electron chi connectivity index (χ3n) is 5.70. The van der Waals surface area contributed by atoms with Gasteiger partial charge in [0.25, 0.3) is 0 Å². The number of hydrogen-bond acceptors (Lipinski definition) is 4. The fraction of sp³-hybridized carbons (Fsp3) is 0.950. The topological polar surface area (TPSA) is 58.1 Å². The summed E-state index contributed by atoms with van der Waals surface area (Å²) in [6.07, 6.45) is 6.60. The molecule has 2 aliphatic rings. The van der Waals surface area contributed by atoms with Crippen LogP contribution in [0.25, 0.3) is 0 Å². The molecule has 1 saturated heterocycles. The van der Waals surface area contributed by atoms with Crippen molar-refractivity contribution in [1.82, 2.24) is 15.5 Å². The Morgan fingerprint density at radius 3 is 2.73 bits per heavy atom. The number of nitrogens with zero attached hydrogens (tertiary/aromatic N) is 2. The number of hydrogen-bond donors (Lipinski definition) is 2. The number of aliphatic imine (C=N–C) groups is 1. The maximum atomic E-state index is 5.93.